The Morgan fingerprint density at radius 3 is 1.66 bits per heavy atom. The van der Waals surface area contributed by atoms with Gasteiger partial charge in [0.2, 0.25) is 11.9 Å². The number of nitrogens with one attached hydrogen (secondary N) is 2. The van der Waals surface area contributed by atoms with Crippen molar-refractivity contribution in [2.24, 2.45) is 20.5 Å². The summed E-state index contributed by atoms with van der Waals surface area (Å²) in [6.45, 7) is 13.2. The fraction of sp³-hybridized carbons (Fsp3) is 0.286. The van der Waals surface area contributed by atoms with E-state index >= 15 is 0 Å². The standard InChI is InChI=1S/C49H55N11O5S2/c1-8-13-27-66-49-53-47(50-37-28-41(59(9-2)10-3)43(64-6)30-39(37)56-55-36-24-18-21-32-19-14-16-22-34(32)36)52-48(54-49)51-38-29-42(60(11-4)12-5)44(65-7)31-40(38)57-58-46-35-23-17-15-20-33(35)25-26-45(46)67(61,62)63/h14-26,28-31H,8-13,27H2,1-7H3,(H,61,62,63)(H2,50,51,52,53,54)/b56-55+,58-57+. The second-order valence-corrected chi connectivity index (χ2v) is 17.6. The Balaban J connectivity index is 1.37. The molecule has 0 saturated carbocycles. The van der Waals surface area contributed by atoms with Crippen LogP contribution in [0, 0.1) is 0 Å². The summed E-state index contributed by atoms with van der Waals surface area (Å²) in [6, 6.07) is 31.4. The van der Waals surface area contributed by atoms with Gasteiger partial charge in [-0.2, -0.15) is 23.4 Å². The van der Waals surface area contributed by atoms with Crippen LogP contribution in [0.4, 0.5) is 57.4 Å². The zero-order valence-electron chi connectivity index (χ0n) is 38.7. The lowest BCUT2D eigenvalue weighted by atomic mass is 10.1. The quantitative estimate of drug-likeness (QED) is 0.0267. The number of unbranched alkanes of at least 4 members (excludes halogenated alkanes) is 1. The van der Waals surface area contributed by atoms with Gasteiger partial charge < -0.3 is 29.9 Å². The highest BCUT2D eigenvalue weighted by Gasteiger charge is 2.22. The molecule has 0 fully saturated rings. The van der Waals surface area contributed by atoms with Gasteiger partial charge in [0.15, 0.2) is 5.16 Å². The molecule has 18 heteroatoms. The molecule has 0 aliphatic carbocycles. The highest BCUT2D eigenvalue weighted by molar-refractivity contribution is 7.99. The van der Waals surface area contributed by atoms with Gasteiger partial charge in [0.25, 0.3) is 10.1 Å². The Bertz CT molecular complexity index is 3030. The lowest BCUT2D eigenvalue weighted by Gasteiger charge is -2.25. The molecule has 7 rings (SSSR count). The lowest BCUT2D eigenvalue weighted by Crippen LogP contribution is -2.22. The van der Waals surface area contributed by atoms with Crippen molar-refractivity contribution >= 4 is 101 Å². The summed E-state index contributed by atoms with van der Waals surface area (Å²) in [5, 5.41) is 29.2. The number of hydrogen-bond donors (Lipinski definition) is 3. The van der Waals surface area contributed by atoms with E-state index in [4.69, 9.17) is 34.7 Å². The first-order valence-corrected chi connectivity index (χ1v) is 24.6. The lowest BCUT2D eigenvalue weighted by molar-refractivity contribution is 0.414. The second kappa shape index (κ2) is 22.1. The van der Waals surface area contributed by atoms with Crippen molar-refractivity contribution in [2.75, 3.05) is 66.6 Å². The first-order valence-electron chi connectivity index (χ1n) is 22.2. The number of thioether (sulfide) groups is 1. The molecule has 0 aliphatic heterocycles. The summed E-state index contributed by atoms with van der Waals surface area (Å²) >= 11 is 1.50. The Hall–Kier alpha value is -6.89. The molecular formula is C49H55N11O5S2. The molecule has 16 nitrogen and oxygen atoms in total. The monoisotopic (exact) mass is 941 g/mol. The summed E-state index contributed by atoms with van der Waals surface area (Å²) < 4.78 is 47.4. The van der Waals surface area contributed by atoms with Gasteiger partial charge in [0.1, 0.15) is 33.5 Å². The molecule has 348 valence electrons. The van der Waals surface area contributed by atoms with E-state index in [2.05, 4.69) is 51.4 Å². The van der Waals surface area contributed by atoms with Gasteiger partial charge in [0.05, 0.1) is 42.7 Å². The van der Waals surface area contributed by atoms with Crippen molar-refractivity contribution in [3.63, 3.8) is 0 Å². The third-order valence-corrected chi connectivity index (χ3v) is 12.9. The minimum absolute atomic E-state index is 0.0171. The Labute approximate surface area is 395 Å². The average Bonchev–Trinajstić information content (AvgIpc) is 3.33. The molecule has 0 saturated heterocycles. The van der Waals surface area contributed by atoms with Gasteiger partial charge >= 0.3 is 0 Å². The number of fused-ring (bicyclic) bond motifs is 2. The molecule has 0 unspecified atom stereocenters. The van der Waals surface area contributed by atoms with Gasteiger partial charge in [-0.25, -0.2) is 0 Å². The van der Waals surface area contributed by atoms with Gasteiger partial charge in [0, 0.05) is 54.8 Å². The maximum absolute atomic E-state index is 12.6. The van der Waals surface area contributed by atoms with Crippen molar-refractivity contribution < 1.29 is 22.4 Å². The fourth-order valence-electron chi connectivity index (χ4n) is 7.57. The number of benzene rings is 6. The molecule has 1 aromatic heterocycles. The maximum atomic E-state index is 12.6. The predicted octanol–water partition coefficient (Wildman–Crippen LogP) is 13.3. The van der Waals surface area contributed by atoms with Crippen molar-refractivity contribution in [1.82, 2.24) is 15.0 Å². The topological polar surface area (TPSA) is 191 Å². The molecule has 6 aromatic carbocycles. The van der Waals surface area contributed by atoms with E-state index in [1.807, 2.05) is 86.6 Å². The molecule has 0 spiro atoms. The fourth-order valence-corrected chi connectivity index (χ4v) is 9.12. The average molecular weight is 942 g/mol. The predicted molar refractivity (Wildman–Crippen MR) is 271 cm³/mol. The molecule has 0 atom stereocenters. The minimum atomic E-state index is -4.67. The summed E-state index contributed by atoms with van der Waals surface area (Å²) in [7, 11) is -1.47. The van der Waals surface area contributed by atoms with Gasteiger partial charge in [-0.3, -0.25) is 4.55 Å². The van der Waals surface area contributed by atoms with E-state index in [9.17, 15) is 13.0 Å². The highest BCUT2D eigenvalue weighted by Crippen LogP contribution is 2.44. The number of hydrogen-bond acceptors (Lipinski definition) is 16. The van der Waals surface area contributed by atoms with E-state index in [1.54, 1.807) is 38.5 Å². The van der Waals surface area contributed by atoms with Crippen LogP contribution < -0.4 is 29.9 Å². The summed E-state index contributed by atoms with van der Waals surface area (Å²) in [6.07, 6.45) is 1.94. The van der Waals surface area contributed by atoms with Crippen LogP contribution in [0.5, 0.6) is 11.5 Å². The Kier molecular flexibility index (Phi) is 15.8. The number of rotatable bonds is 21. The van der Waals surface area contributed by atoms with Crippen molar-refractivity contribution in [1.29, 1.82) is 0 Å². The maximum Gasteiger partial charge on any atom is 0.296 e. The molecule has 67 heavy (non-hydrogen) atoms. The van der Waals surface area contributed by atoms with E-state index in [0.29, 0.717) is 63.3 Å². The molecule has 0 amide bonds. The first-order chi connectivity index (χ1) is 32.5. The van der Waals surface area contributed by atoms with Crippen LogP contribution in [-0.2, 0) is 10.1 Å². The zero-order valence-corrected chi connectivity index (χ0v) is 40.3. The third kappa shape index (κ3) is 11.2. The first kappa shape index (κ1) is 48.1. The van der Waals surface area contributed by atoms with Crippen LogP contribution in [0.2, 0.25) is 0 Å². The van der Waals surface area contributed by atoms with Crippen LogP contribution in [-0.4, -0.2) is 74.1 Å². The highest BCUT2D eigenvalue weighted by atomic mass is 32.2. The molecule has 0 bridgehead atoms. The van der Waals surface area contributed by atoms with Crippen molar-refractivity contribution in [2.45, 2.75) is 57.5 Å². The van der Waals surface area contributed by atoms with Gasteiger partial charge in [-0.05, 0) is 69.2 Å². The third-order valence-electron chi connectivity index (χ3n) is 11.1. The zero-order chi connectivity index (χ0) is 47.5. The molecule has 7 aromatic rings. The van der Waals surface area contributed by atoms with Crippen LogP contribution in [0.15, 0.2) is 134 Å². The number of nitrogens with zero attached hydrogens (tertiary/aromatic N) is 9. The summed E-state index contributed by atoms with van der Waals surface area (Å²) in [4.78, 5) is 18.6. The largest absolute Gasteiger partial charge is 0.494 e. The normalized spacial score (nSPS) is 11.8. The number of aromatic nitrogens is 3. The number of anilines is 6. The van der Waals surface area contributed by atoms with Gasteiger partial charge in [-0.1, -0.05) is 91.8 Å². The summed E-state index contributed by atoms with van der Waals surface area (Å²) in [5.74, 6) is 2.35. The number of ether oxygens (including phenoxy) is 2. The molecule has 1 heterocycles. The Morgan fingerprint density at radius 1 is 0.612 bits per heavy atom. The van der Waals surface area contributed by atoms with Crippen molar-refractivity contribution in [3.8, 4) is 11.5 Å². The van der Waals surface area contributed by atoms with Crippen LogP contribution in [0.1, 0.15) is 47.5 Å². The van der Waals surface area contributed by atoms with Crippen LogP contribution >= 0.6 is 11.8 Å². The number of methoxy groups -OCH3 is 2. The van der Waals surface area contributed by atoms with E-state index in [-0.39, 0.29) is 28.2 Å². The van der Waals surface area contributed by atoms with Gasteiger partial charge in [-0.15, -0.1) is 20.5 Å². The van der Waals surface area contributed by atoms with E-state index < -0.39 is 10.1 Å². The summed E-state index contributed by atoms with van der Waals surface area (Å²) in [5.41, 5.74) is 4.12. The molecule has 0 radical (unpaired) electrons. The van der Waals surface area contributed by atoms with Crippen LogP contribution in [0.25, 0.3) is 21.5 Å². The smallest absolute Gasteiger partial charge is 0.296 e. The molecule has 3 N–H and O–H groups in total. The Morgan fingerprint density at radius 2 is 1.12 bits per heavy atom. The number of azo groups is 2. The minimum Gasteiger partial charge on any atom is -0.494 e. The van der Waals surface area contributed by atoms with E-state index in [1.165, 1.54) is 17.8 Å². The van der Waals surface area contributed by atoms with Crippen LogP contribution in [0.3, 0.4) is 0 Å². The van der Waals surface area contributed by atoms with E-state index in [0.717, 1.165) is 53.8 Å². The second-order valence-electron chi connectivity index (χ2n) is 15.2. The molecule has 0 aliphatic rings. The SMILES string of the molecule is CCCCSc1nc(Nc2cc(N(CC)CC)c(OC)cc2/N=N/c2cccc3ccccc23)nc(Nc2cc(N(CC)CC)c(OC)cc2/N=N/c2c(S(=O)(=O)O)ccc3ccccc23)n1. The molecular weight excluding hydrogens is 887 g/mol. The van der Waals surface area contributed by atoms with Crippen molar-refractivity contribution in [3.05, 3.63) is 103 Å².